The molecule has 0 radical (unpaired) electrons. The quantitative estimate of drug-likeness (QED) is 0.502. The Morgan fingerprint density at radius 1 is 1.20 bits per heavy atom. The monoisotopic (exact) mass is 437 g/mol. The van der Waals surface area contributed by atoms with Crippen molar-refractivity contribution in [1.29, 1.82) is 0 Å². The summed E-state index contributed by atoms with van der Waals surface area (Å²) < 4.78 is 35.4. The topological polar surface area (TPSA) is 80.8 Å². The lowest BCUT2D eigenvalue weighted by molar-refractivity contribution is -0.119. The number of carbonyl (C=O) groups excluding carboxylic acids is 2. The van der Waals surface area contributed by atoms with Gasteiger partial charge in [-0.25, -0.2) is 9.78 Å². The number of nitrogens with one attached hydrogen (secondary N) is 1. The Labute approximate surface area is 176 Å². The van der Waals surface area contributed by atoms with E-state index in [9.17, 15) is 18.4 Å². The van der Waals surface area contributed by atoms with Gasteiger partial charge in [0.2, 0.25) is 0 Å². The summed E-state index contributed by atoms with van der Waals surface area (Å²) >= 11 is 0.148. The number of rotatable bonds is 8. The number of alkyl halides is 2. The number of nitrogens with zero attached hydrogens (tertiary/aromatic N) is 2. The minimum Gasteiger partial charge on any atom is -0.452 e. The van der Waals surface area contributed by atoms with Crippen molar-refractivity contribution in [1.82, 2.24) is 9.88 Å². The molecule has 0 aliphatic carbocycles. The first kappa shape index (κ1) is 22.1. The number of esters is 1. The second-order valence-electron chi connectivity index (χ2n) is 6.44. The maximum atomic E-state index is 12.6. The summed E-state index contributed by atoms with van der Waals surface area (Å²) in [4.78, 5) is 30.2. The van der Waals surface area contributed by atoms with Crippen LogP contribution in [0.1, 0.15) is 15.9 Å². The predicted octanol–water partition coefficient (Wildman–Crippen LogP) is 3.02. The minimum absolute atomic E-state index is 0.108. The van der Waals surface area contributed by atoms with Gasteiger partial charge < -0.3 is 14.8 Å². The Bertz CT molecular complexity index is 861. The molecule has 0 saturated carbocycles. The minimum atomic E-state index is -2.72. The third-order valence-electron chi connectivity index (χ3n) is 4.27. The highest BCUT2D eigenvalue weighted by Crippen LogP contribution is 2.26. The fourth-order valence-corrected chi connectivity index (χ4v) is 3.41. The average Bonchev–Trinajstić information content (AvgIpc) is 2.74. The first-order valence-electron chi connectivity index (χ1n) is 9.27. The zero-order valence-corrected chi connectivity index (χ0v) is 16.9. The van der Waals surface area contributed by atoms with E-state index in [0.717, 1.165) is 38.4 Å². The molecule has 1 aliphatic rings. The number of morpholine rings is 1. The molecule has 2 heterocycles. The van der Waals surface area contributed by atoms with E-state index in [-0.39, 0.29) is 22.4 Å². The fraction of sp³-hybridized carbons (Fsp3) is 0.350. The number of benzene rings is 1. The van der Waals surface area contributed by atoms with Crippen LogP contribution in [-0.2, 0) is 20.8 Å². The summed E-state index contributed by atoms with van der Waals surface area (Å²) in [6.07, 6.45) is 1.30. The Morgan fingerprint density at radius 3 is 2.63 bits per heavy atom. The smallest absolute Gasteiger partial charge is 0.341 e. The molecule has 0 bridgehead atoms. The van der Waals surface area contributed by atoms with Crippen LogP contribution in [-0.4, -0.2) is 60.4 Å². The number of thioether (sulfide) groups is 1. The van der Waals surface area contributed by atoms with Crippen LogP contribution in [0, 0.1) is 0 Å². The fourth-order valence-electron chi connectivity index (χ4n) is 2.84. The van der Waals surface area contributed by atoms with E-state index in [1.54, 1.807) is 12.1 Å². The highest BCUT2D eigenvalue weighted by atomic mass is 32.2. The summed E-state index contributed by atoms with van der Waals surface area (Å²) in [6, 6.07) is 10.1. The lowest BCUT2D eigenvalue weighted by atomic mass is 10.2. The van der Waals surface area contributed by atoms with Gasteiger partial charge in [0.15, 0.2) is 6.61 Å². The van der Waals surface area contributed by atoms with Crippen molar-refractivity contribution in [3.8, 4) is 0 Å². The van der Waals surface area contributed by atoms with E-state index in [4.69, 9.17) is 9.47 Å². The highest BCUT2D eigenvalue weighted by molar-refractivity contribution is 7.99. The number of halogens is 2. The summed E-state index contributed by atoms with van der Waals surface area (Å²) in [5.74, 6) is -4.14. The SMILES string of the molecule is O=C(COC(=O)c1cccnc1SC(F)F)Nc1ccc(CN2CCOCC2)cc1. The third-order valence-corrected chi connectivity index (χ3v) is 5.00. The second kappa shape index (κ2) is 11.0. The number of hydrogen-bond donors (Lipinski definition) is 1. The van der Waals surface area contributed by atoms with Crippen molar-refractivity contribution >= 4 is 29.3 Å². The van der Waals surface area contributed by atoms with Gasteiger partial charge in [-0.2, -0.15) is 8.78 Å². The molecule has 10 heteroatoms. The van der Waals surface area contributed by atoms with Gasteiger partial charge >= 0.3 is 5.97 Å². The molecular formula is C20H21F2N3O4S. The molecule has 1 saturated heterocycles. The maximum absolute atomic E-state index is 12.6. The van der Waals surface area contributed by atoms with E-state index in [2.05, 4.69) is 15.2 Å². The van der Waals surface area contributed by atoms with Gasteiger partial charge in [-0.05, 0) is 41.6 Å². The van der Waals surface area contributed by atoms with Gasteiger partial charge in [0.1, 0.15) is 5.03 Å². The Kier molecular flexibility index (Phi) is 8.12. The van der Waals surface area contributed by atoms with Crippen LogP contribution in [0.15, 0.2) is 47.6 Å². The maximum Gasteiger partial charge on any atom is 0.341 e. The molecule has 30 heavy (non-hydrogen) atoms. The molecule has 0 unspecified atom stereocenters. The van der Waals surface area contributed by atoms with Crippen LogP contribution >= 0.6 is 11.8 Å². The number of hydrogen-bond acceptors (Lipinski definition) is 7. The van der Waals surface area contributed by atoms with Gasteiger partial charge in [0, 0.05) is 31.5 Å². The molecule has 1 aromatic carbocycles. The normalized spacial score (nSPS) is 14.5. The van der Waals surface area contributed by atoms with Crippen molar-refractivity contribution in [2.45, 2.75) is 17.3 Å². The molecule has 1 amide bonds. The van der Waals surface area contributed by atoms with Crippen molar-refractivity contribution in [3.63, 3.8) is 0 Å². The van der Waals surface area contributed by atoms with Crippen LogP contribution in [0.3, 0.4) is 0 Å². The summed E-state index contributed by atoms with van der Waals surface area (Å²) in [7, 11) is 0. The Balaban J connectivity index is 1.48. The molecule has 160 valence electrons. The molecular weight excluding hydrogens is 416 g/mol. The Morgan fingerprint density at radius 2 is 1.93 bits per heavy atom. The summed E-state index contributed by atoms with van der Waals surface area (Å²) in [5.41, 5.74) is 1.57. The average molecular weight is 437 g/mol. The van der Waals surface area contributed by atoms with Crippen LogP contribution in [0.25, 0.3) is 0 Å². The first-order chi connectivity index (χ1) is 14.5. The molecule has 1 aromatic heterocycles. The number of pyridine rings is 1. The third kappa shape index (κ3) is 6.75. The molecule has 0 atom stereocenters. The first-order valence-corrected chi connectivity index (χ1v) is 10.1. The molecule has 3 rings (SSSR count). The van der Waals surface area contributed by atoms with E-state index in [0.29, 0.717) is 5.69 Å². The van der Waals surface area contributed by atoms with Crippen molar-refractivity contribution < 1.29 is 27.8 Å². The van der Waals surface area contributed by atoms with Gasteiger partial charge in [-0.15, -0.1) is 0 Å². The molecule has 1 N–H and O–H groups in total. The van der Waals surface area contributed by atoms with Crippen LogP contribution in [0.2, 0.25) is 0 Å². The zero-order valence-electron chi connectivity index (χ0n) is 16.1. The molecule has 2 aromatic rings. The lowest BCUT2D eigenvalue weighted by Crippen LogP contribution is -2.35. The Hall–Kier alpha value is -2.56. The molecule has 1 aliphatic heterocycles. The van der Waals surface area contributed by atoms with E-state index in [1.807, 2.05) is 12.1 Å². The van der Waals surface area contributed by atoms with Crippen LogP contribution in [0.4, 0.5) is 14.5 Å². The second-order valence-corrected chi connectivity index (χ2v) is 7.42. The zero-order chi connectivity index (χ0) is 21.3. The van der Waals surface area contributed by atoms with Gasteiger partial charge in [-0.1, -0.05) is 12.1 Å². The van der Waals surface area contributed by atoms with Crippen molar-refractivity contribution in [3.05, 3.63) is 53.7 Å². The summed E-state index contributed by atoms with van der Waals surface area (Å²) in [5, 5.41) is 2.49. The van der Waals surface area contributed by atoms with Gasteiger partial charge in [0.05, 0.1) is 18.8 Å². The largest absolute Gasteiger partial charge is 0.452 e. The van der Waals surface area contributed by atoms with E-state index < -0.39 is 24.2 Å². The van der Waals surface area contributed by atoms with Crippen LogP contribution < -0.4 is 5.32 Å². The molecule has 0 spiro atoms. The number of aromatic nitrogens is 1. The molecule has 1 fully saturated rings. The van der Waals surface area contributed by atoms with Crippen molar-refractivity contribution in [2.75, 3.05) is 38.2 Å². The highest BCUT2D eigenvalue weighted by Gasteiger charge is 2.19. The van der Waals surface area contributed by atoms with Crippen molar-refractivity contribution in [2.24, 2.45) is 0 Å². The number of amides is 1. The van der Waals surface area contributed by atoms with E-state index in [1.165, 1.54) is 18.3 Å². The number of anilines is 1. The predicted molar refractivity (Wildman–Crippen MR) is 108 cm³/mol. The molecule has 7 nitrogen and oxygen atoms in total. The van der Waals surface area contributed by atoms with Gasteiger partial charge in [-0.3, -0.25) is 9.69 Å². The van der Waals surface area contributed by atoms with Crippen LogP contribution in [0.5, 0.6) is 0 Å². The van der Waals surface area contributed by atoms with Gasteiger partial charge in [0.25, 0.3) is 11.7 Å². The number of ether oxygens (including phenoxy) is 2. The van der Waals surface area contributed by atoms with E-state index >= 15 is 0 Å². The number of carbonyl (C=O) groups is 2. The summed E-state index contributed by atoms with van der Waals surface area (Å²) in [6.45, 7) is 3.50. The standard InChI is InChI=1S/C20H21F2N3O4S/c21-20(22)30-18-16(2-1-7-23-18)19(27)29-13-17(26)24-15-5-3-14(4-6-15)12-25-8-10-28-11-9-25/h1-7,20H,8-13H2,(H,24,26). The lowest BCUT2D eigenvalue weighted by Gasteiger charge is -2.26.